The van der Waals surface area contributed by atoms with Gasteiger partial charge in [-0.1, -0.05) is 44.2 Å². The molecule has 2 aromatic heterocycles. The van der Waals surface area contributed by atoms with E-state index in [1.807, 2.05) is 25.3 Å². The van der Waals surface area contributed by atoms with Gasteiger partial charge < -0.3 is 14.7 Å². The molecular formula is C30H32ClFN6O. The van der Waals surface area contributed by atoms with Crippen molar-refractivity contribution in [3.8, 4) is 11.3 Å². The van der Waals surface area contributed by atoms with Crippen molar-refractivity contribution in [2.24, 2.45) is 4.99 Å². The maximum absolute atomic E-state index is 14.9. The first-order valence-corrected chi connectivity index (χ1v) is 13.5. The lowest BCUT2D eigenvalue weighted by Gasteiger charge is -2.43. The number of aliphatic imine (C=N–C) groups is 1. The first kappa shape index (κ1) is 26.8. The van der Waals surface area contributed by atoms with Gasteiger partial charge in [0.15, 0.2) is 0 Å². The molecule has 0 N–H and O–H groups in total. The molecule has 39 heavy (non-hydrogen) atoms. The minimum Gasteiger partial charge on any atom is -0.350 e. The van der Waals surface area contributed by atoms with Crippen molar-refractivity contribution < 1.29 is 9.18 Å². The third-order valence-electron chi connectivity index (χ3n) is 7.30. The number of amides is 1. The summed E-state index contributed by atoms with van der Waals surface area (Å²) in [7, 11) is 0. The number of hydrogen-bond acceptors (Lipinski definition) is 6. The summed E-state index contributed by atoms with van der Waals surface area (Å²) in [6.45, 7) is 14.0. The molecule has 0 spiro atoms. The molecule has 0 aliphatic carbocycles. The van der Waals surface area contributed by atoms with Gasteiger partial charge in [0, 0.05) is 37.4 Å². The number of aryl methyl sites for hydroxylation is 1. The van der Waals surface area contributed by atoms with Crippen LogP contribution in [-0.4, -0.2) is 63.9 Å². The molecule has 4 heterocycles. The Bertz CT molecular complexity index is 1470. The van der Waals surface area contributed by atoms with E-state index in [0.717, 1.165) is 28.3 Å². The van der Waals surface area contributed by atoms with E-state index >= 15 is 0 Å². The van der Waals surface area contributed by atoms with E-state index in [0.29, 0.717) is 48.4 Å². The first-order valence-electron chi connectivity index (χ1n) is 13.1. The average molecular weight is 547 g/mol. The van der Waals surface area contributed by atoms with E-state index in [9.17, 15) is 9.18 Å². The third-order valence-corrected chi connectivity index (χ3v) is 7.59. The Hall–Kier alpha value is -3.78. The molecule has 2 aliphatic rings. The quantitative estimate of drug-likeness (QED) is 0.379. The lowest BCUT2D eigenvalue weighted by molar-refractivity contribution is -0.128. The number of nitrogens with zero attached hydrogens (tertiary/aromatic N) is 6. The predicted molar refractivity (Wildman–Crippen MR) is 154 cm³/mol. The number of hydrogen-bond donors (Lipinski definition) is 0. The maximum atomic E-state index is 14.9. The van der Waals surface area contributed by atoms with E-state index in [4.69, 9.17) is 26.6 Å². The molecule has 1 amide bonds. The number of halogens is 2. The van der Waals surface area contributed by atoms with Crippen LogP contribution in [0, 0.1) is 12.7 Å². The Kier molecular flexibility index (Phi) is 7.40. The van der Waals surface area contributed by atoms with Crippen LogP contribution >= 0.6 is 11.6 Å². The van der Waals surface area contributed by atoms with Crippen molar-refractivity contribution in [3.63, 3.8) is 0 Å². The summed E-state index contributed by atoms with van der Waals surface area (Å²) in [5.74, 6) is 1.12. The van der Waals surface area contributed by atoms with E-state index in [2.05, 4.69) is 37.1 Å². The third kappa shape index (κ3) is 4.89. The Morgan fingerprint density at radius 1 is 1.21 bits per heavy atom. The molecule has 1 unspecified atom stereocenters. The van der Waals surface area contributed by atoms with Gasteiger partial charge in [-0.25, -0.2) is 14.4 Å². The van der Waals surface area contributed by atoms with Gasteiger partial charge in [-0.05, 0) is 55.7 Å². The number of anilines is 2. The molecule has 0 radical (unpaired) electrons. The average Bonchev–Trinajstić information content (AvgIpc) is 2.92. The topological polar surface area (TPSA) is 64.9 Å². The molecule has 3 aromatic rings. The predicted octanol–water partition coefficient (Wildman–Crippen LogP) is 5.94. The van der Waals surface area contributed by atoms with Crippen molar-refractivity contribution in [1.82, 2.24) is 19.8 Å². The standard InChI is InChI=1S/C30H32ClFN6O/c1-6-25(39)36-13-14-37(20(5)16-36)29-22-15-23(31)27(21-9-7-8-10-24(21)32)35-30(22)38(17-34-29)28-19(4)11-12-33-26(28)18(2)3/h6-12,15,18,20H,1,13-14,16-17H2,2-5H3. The van der Waals surface area contributed by atoms with Gasteiger partial charge >= 0.3 is 0 Å². The van der Waals surface area contributed by atoms with Crippen LogP contribution in [0.15, 0.2) is 60.2 Å². The van der Waals surface area contributed by atoms with Crippen molar-refractivity contribution in [2.75, 3.05) is 31.2 Å². The highest BCUT2D eigenvalue weighted by molar-refractivity contribution is 6.33. The summed E-state index contributed by atoms with van der Waals surface area (Å²) in [4.78, 5) is 33.0. The monoisotopic (exact) mass is 546 g/mol. The zero-order valence-electron chi connectivity index (χ0n) is 22.7. The Balaban J connectivity index is 1.66. The van der Waals surface area contributed by atoms with Gasteiger partial charge in [0.1, 0.15) is 24.1 Å². The number of aromatic nitrogens is 2. The highest BCUT2D eigenvalue weighted by Gasteiger charge is 2.35. The molecule has 1 saturated heterocycles. The van der Waals surface area contributed by atoms with Crippen LogP contribution in [0.25, 0.3) is 11.3 Å². The normalized spacial score (nSPS) is 17.3. The summed E-state index contributed by atoms with van der Waals surface area (Å²) < 4.78 is 14.9. The van der Waals surface area contributed by atoms with Crippen molar-refractivity contribution >= 4 is 34.8 Å². The summed E-state index contributed by atoms with van der Waals surface area (Å²) in [5, 5.41) is 0.341. The minimum atomic E-state index is -0.389. The molecule has 7 nitrogen and oxygen atoms in total. The lowest BCUT2D eigenvalue weighted by atomic mass is 10.0. The number of piperazine rings is 1. The first-order chi connectivity index (χ1) is 18.7. The number of amidine groups is 1. The van der Waals surface area contributed by atoms with Crippen LogP contribution in [0.3, 0.4) is 0 Å². The second kappa shape index (κ2) is 10.8. The number of benzene rings is 1. The van der Waals surface area contributed by atoms with Gasteiger partial charge in [0.2, 0.25) is 5.91 Å². The van der Waals surface area contributed by atoms with Crippen LogP contribution in [0.2, 0.25) is 5.02 Å². The molecule has 9 heteroatoms. The van der Waals surface area contributed by atoms with Gasteiger partial charge in [0.05, 0.1) is 27.7 Å². The van der Waals surface area contributed by atoms with Gasteiger partial charge in [0.25, 0.3) is 0 Å². The van der Waals surface area contributed by atoms with E-state index in [1.165, 1.54) is 12.1 Å². The summed E-state index contributed by atoms with van der Waals surface area (Å²) >= 11 is 6.80. The number of fused-ring (bicyclic) bond motifs is 1. The molecule has 2 aliphatic heterocycles. The van der Waals surface area contributed by atoms with Gasteiger partial charge in [-0.15, -0.1) is 0 Å². The van der Waals surface area contributed by atoms with E-state index in [-0.39, 0.29) is 23.7 Å². The smallest absolute Gasteiger partial charge is 0.246 e. The zero-order chi connectivity index (χ0) is 27.8. The molecule has 1 fully saturated rings. The van der Waals surface area contributed by atoms with Crippen LogP contribution < -0.4 is 4.90 Å². The fourth-order valence-corrected chi connectivity index (χ4v) is 5.60. The summed E-state index contributed by atoms with van der Waals surface area (Å²) in [6, 6.07) is 10.3. The van der Waals surface area contributed by atoms with Crippen molar-refractivity contribution in [2.45, 2.75) is 39.7 Å². The maximum Gasteiger partial charge on any atom is 0.246 e. The highest BCUT2D eigenvalue weighted by atomic mass is 35.5. The fourth-order valence-electron chi connectivity index (χ4n) is 5.35. The number of carbonyl (C=O) groups excluding carboxylic acids is 1. The van der Waals surface area contributed by atoms with Crippen LogP contribution in [0.1, 0.15) is 43.5 Å². The van der Waals surface area contributed by atoms with E-state index in [1.54, 1.807) is 23.1 Å². The molecule has 1 aromatic carbocycles. The van der Waals surface area contributed by atoms with Crippen molar-refractivity contribution in [3.05, 3.63) is 82.9 Å². The summed E-state index contributed by atoms with van der Waals surface area (Å²) in [6.07, 6.45) is 3.17. The zero-order valence-corrected chi connectivity index (χ0v) is 23.4. The molecule has 5 rings (SSSR count). The SMILES string of the molecule is C=CC(=O)N1CCN(C2=NCN(c3c(C)ccnc3C(C)C)c3nc(-c4ccccc4F)c(Cl)cc32)C(C)C1. The van der Waals surface area contributed by atoms with Crippen molar-refractivity contribution in [1.29, 1.82) is 0 Å². The fraction of sp³-hybridized carbons (Fsp3) is 0.333. The van der Waals surface area contributed by atoms with Gasteiger partial charge in [-0.2, -0.15) is 0 Å². The van der Waals surface area contributed by atoms with Crippen LogP contribution in [0.4, 0.5) is 15.9 Å². The molecule has 0 bridgehead atoms. The van der Waals surface area contributed by atoms with Crippen LogP contribution in [0.5, 0.6) is 0 Å². The Labute approximate surface area is 233 Å². The number of pyridine rings is 2. The highest BCUT2D eigenvalue weighted by Crippen LogP contribution is 2.41. The van der Waals surface area contributed by atoms with Crippen LogP contribution in [-0.2, 0) is 4.79 Å². The number of carbonyl (C=O) groups is 1. The van der Waals surface area contributed by atoms with E-state index < -0.39 is 0 Å². The molecule has 0 saturated carbocycles. The molecule has 1 atom stereocenters. The Morgan fingerprint density at radius 3 is 2.67 bits per heavy atom. The Morgan fingerprint density at radius 2 is 1.97 bits per heavy atom. The molecular weight excluding hydrogens is 515 g/mol. The lowest BCUT2D eigenvalue weighted by Crippen LogP contribution is -2.56. The summed E-state index contributed by atoms with van der Waals surface area (Å²) in [5.41, 5.74) is 4.41. The largest absolute Gasteiger partial charge is 0.350 e. The minimum absolute atomic E-state index is 0.0113. The molecule has 202 valence electrons. The second-order valence-electron chi connectivity index (χ2n) is 10.3. The number of rotatable bonds is 4. The second-order valence-corrected chi connectivity index (χ2v) is 10.7. The van der Waals surface area contributed by atoms with Gasteiger partial charge in [-0.3, -0.25) is 9.78 Å².